The maximum Gasteiger partial charge on any atom is 0.417 e. The zero-order chi connectivity index (χ0) is 19.9. The van der Waals surface area contributed by atoms with Gasteiger partial charge in [0.25, 0.3) is 5.91 Å². The number of likely N-dealkylation sites (N-methyl/N-ethyl adjacent to an activating group) is 1. The lowest BCUT2D eigenvalue weighted by atomic mass is 10.0. The number of thiazole rings is 1. The van der Waals surface area contributed by atoms with Gasteiger partial charge in [-0.3, -0.25) is 20.0 Å². The molecule has 3 heterocycles. The van der Waals surface area contributed by atoms with E-state index in [9.17, 15) is 18.0 Å². The highest BCUT2D eigenvalue weighted by Crippen LogP contribution is 2.37. The summed E-state index contributed by atoms with van der Waals surface area (Å²) in [6.07, 6.45) is -2.94. The van der Waals surface area contributed by atoms with E-state index < -0.39 is 23.2 Å². The molecule has 1 aliphatic heterocycles. The Hall–Kier alpha value is -2.52. The van der Waals surface area contributed by atoms with Gasteiger partial charge in [-0.1, -0.05) is 25.1 Å². The van der Waals surface area contributed by atoms with Gasteiger partial charge in [0, 0.05) is 36.0 Å². The van der Waals surface area contributed by atoms with Crippen LogP contribution < -0.4 is 5.32 Å². The number of nitrogens with zero attached hydrogens (tertiary/aromatic N) is 3. The molecule has 9 heteroatoms. The third kappa shape index (κ3) is 3.47. The quantitative estimate of drug-likeness (QED) is 0.703. The number of carbonyl (C=O) groups excluding carboxylic acids is 1. The lowest BCUT2D eigenvalue weighted by molar-refractivity contribution is -0.136. The number of anilines is 1. The van der Waals surface area contributed by atoms with Gasteiger partial charge in [-0.25, -0.2) is 4.98 Å². The monoisotopic (exact) mass is 406 g/mol. The maximum atomic E-state index is 13.7. The topological polar surface area (TPSA) is 58.1 Å². The van der Waals surface area contributed by atoms with Gasteiger partial charge < -0.3 is 0 Å². The summed E-state index contributed by atoms with van der Waals surface area (Å²) in [4.78, 5) is 24.4. The summed E-state index contributed by atoms with van der Waals surface area (Å²) in [5.74, 6) is -0.857. The van der Waals surface area contributed by atoms with Gasteiger partial charge in [-0.05, 0) is 12.6 Å². The van der Waals surface area contributed by atoms with E-state index in [0.717, 1.165) is 42.8 Å². The first-order valence-electron chi connectivity index (χ1n) is 8.84. The number of hydrogen-bond donors (Lipinski definition) is 1. The number of nitrogens with one attached hydrogen (secondary N) is 1. The van der Waals surface area contributed by atoms with Crippen LogP contribution in [-0.2, 0) is 19.1 Å². The average molecular weight is 406 g/mol. The molecule has 5 nitrogen and oxygen atoms in total. The fraction of sp³-hybridized carbons (Fsp3) is 0.316. The number of pyridine rings is 1. The highest BCUT2D eigenvalue weighted by molar-refractivity contribution is 7.15. The highest BCUT2D eigenvalue weighted by atomic mass is 32.1. The number of alkyl halides is 3. The molecule has 2 aromatic heterocycles. The van der Waals surface area contributed by atoms with Gasteiger partial charge in [-0.2, -0.15) is 13.2 Å². The van der Waals surface area contributed by atoms with Crippen molar-refractivity contribution in [3.05, 3.63) is 52.2 Å². The first-order valence-corrected chi connectivity index (χ1v) is 9.65. The van der Waals surface area contributed by atoms with Crippen molar-refractivity contribution in [2.45, 2.75) is 26.1 Å². The maximum absolute atomic E-state index is 13.7. The van der Waals surface area contributed by atoms with E-state index in [0.29, 0.717) is 5.13 Å². The Bertz CT molecular complexity index is 1050. The van der Waals surface area contributed by atoms with Crippen LogP contribution in [0, 0.1) is 0 Å². The lowest BCUT2D eigenvalue weighted by Crippen LogP contribution is -2.29. The second-order valence-corrected chi connectivity index (χ2v) is 7.61. The zero-order valence-corrected chi connectivity index (χ0v) is 15.8. The van der Waals surface area contributed by atoms with Crippen molar-refractivity contribution < 1.29 is 18.0 Å². The van der Waals surface area contributed by atoms with Crippen molar-refractivity contribution in [3.63, 3.8) is 0 Å². The Balaban J connectivity index is 1.68. The number of para-hydroxylation sites is 1. The Kier molecular flexibility index (Phi) is 4.80. The third-order valence-corrected chi connectivity index (χ3v) is 5.78. The van der Waals surface area contributed by atoms with E-state index in [1.54, 1.807) is 6.07 Å². The summed E-state index contributed by atoms with van der Waals surface area (Å²) in [6.45, 7) is 4.61. The minimum atomic E-state index is -4.68. The lowest BCUT2D eigenvalue weighted by Gasteiger charge is -2.23. The Morgan fingerprint density at radius 2 is 2.11 bits per heavy atom. The van der Waals surface area contributed by atoms with Crippen molar-refractivity contribution in [3.8, 4) is 0 Å². The van der Waals surface area contributed by atoms with Crippen LogP contribution in [0.1, 0.15) is 33.4 Å². The van der Waals surface area contributed by atoms with E-state index >= 15 is 0 Å². The number of aromatic nitrogens is 2. The fourth-order valence-corrected chi connectivity index (χ4v) is 4.40. The summed E-state index contributed by atoms with van der Waals surface area (Å²) < 4.78 is 41.2. The predicted molar refractivity (Wildman–Crippen MR) is 101 cm³/mol. The summed E-state index contributed by atoms with van der Waals surface area (Å²) in [6, 6.07) is 5.91. The van der Waals surface area contributed by atoms with E-state index in [2.05, 4.69) is 27.1 Å². The van der Waals surface area contributed by atoms with Crippen molar-refractivity contribution in [2.24, 2.45) is 0 Å². The van der Waals surface area contributed by atoms with Gasteiger partial charge in [0.15, 0.2) is 5.13 Å². The molecule has 1 aromatic carbocycles. The molecule has 0 bridgehead atoms. The number of hydrogen-bond acceptors (Lipinski definition) is 5. The summed E-state index contributed by atoms with van der Waals surface area (Å²) in [7, 11) is 0. The molecule has 1 aliphatic rings. The minimum Gasteiger partial charge on any atom is -0.298 e. The zero-order valence-electron chi connectivity index (χ0n) is 15.0. The minimum absolute atomic E-state index is 0.0975. The molecule has 1 amide bonds. The Morgan fingerprint density at radius 3 is 2.86 bits per heavy atom. The van der Waals surface area contributed by atoms with Crippen LogP contribution in [0.4, 0.5) is 18.3 Å². The Morgan fingerprint density at radius 1 is 1.32 bits per heavy atom. The van der Waals surface area contributed by atoms with Crippen LogP contribution in [0.15, 0.2) is 30.5 Å². The van der Waals surface area contributed by atoms with Gasteiger partial charge in [0.05, 0.1) is 22.3 Å². The van der Waals surface area contributed by atoms with Crippen LogP contribution in [0.2, 0.25) is 0 Å². The van der Waals surface area contributed by atoms with E-state index in [1.165, 1.54) is 29.5 Å². The third-order valence-electron chi connectivity index (χ3n) is 4.78. The van der Waals surface area contributed by atoms with Gasteiger partial charge in [-0.15, -0.1) is 11.3 Å². The van der Waals surface area contributed by atoms with Gasteiger partial charge >= 0.3 is 6.18 Å². The largest absolute Gasteiger partial charge is 0.417 e. The number of fused-ring (bicyclic) bond motifs is 2. The number of rotatable bonds is 3. The van der Waals surface area contributed by atoms with Crippen LogP contribution in [0.5, 0.6) is 0 Å². The molecular weight excluding hydrogens is 389 g/mol. The number of benzene rings is 1. The van der Waals surface area contributed by atoms with Gasteiger partial charge in [0.2, 0.25) is 0 Å². The summed E-state index contributed by atoms with van der Waals surface area (Å²) in [5, 5.41) is 2.75. The van der Waals surface area contributed by atoms with Crippen molar-refractivity contribution >= 4 is 33.3 Å². The molecule has 0 aliphatic carbocycles. The standard InChI is InChI=1S/C19H17F3N4OS/c1-2-26-8-7-14-15(10-26)28-18(24-14)25-17(27)12-9-23-13-6-4-3-5-11(13)16(12)19(20,21)22/h3-6,9H,2,7-8,10H2,1H3,(H,24,25,27). The molecule has 4 rings (SSSR count). The smallest absolute Gasteiger partial charge is 0.298 e. The first kappa shape index (κ1) is 18.8. The van der Waals surface area contributed by atoms with Crippen LogP contribution in [0.25, 0.3) is 10.9 Å². The molecule has 146 valence electrons. The van der Waals surface area contributed by atoms with E-state index in [-0.39, 0.29) is 10.9 Å². The molecule has 0 unspecified atom stereocenters. The normalized spacial score (nSPS) is 14.9. The predicted octanol–water partition coefficient (Wildman–Crippen LogP) is 4.34. The molecule has 3 aromatic rings. The van der Waals surface area contributed by atoms with Crippen LogP contribution in [0.3, 0.4) is 0 Å². The Labute approximate surface area is 163 Å². The molecule has 0 radical (unpaired) electrons. The number of carbonyl (C=O) groups is 1. The van der Waals surface area contributed by atoms with Gasteiger partial charge in [0.1, 0.15) is 0 Å². The molecule has 0 atom stereocenters. The number of halogens is 3. The molecule has 0 spiro atoms. The van der Waals surface area contributed by atoms with Crippen molar-refractivity contribution in [1.29, 1.82) is 0 Å². The summed E-state index contributed by atoms with van der Waals surface area (Å²) >= 11 is 1.31. The second kappa shape index (κ2) is 7.14. The van der Waals surface area contributed by atoms with E-state index in [1.807, 2.05) is 0 Å². The van der Waals surface area contributed by atoms with Crippen LogP contribution >= 0.6 is 11.3 Å². The first-order chi connectivity index (χ1) is 13.4. The molecule has 28 heavy (non-hydrogen) atoms. The average Bonchev–Trinajstić information content (AvgIpc) is 3.07. The van der Waals surface area contributed by atoms with Crippen molar-refractivity contribution in [1.82, 2.24) is 14.9 Å². The van der Waals surface area contributed by atoms with Crippen molar-refractivity contribution in [2.75, 3.05) is 18.4 Å². The molecule has 0 saturated heterocycles. The summed E-state index contributed by atoms with van der Waals surface area (Å²) in [5.41, 5.74) is -0.392. The molecule has 0 saturated carbocycles. The fourth-order valence-electron chi connectivity index (χ4n) is 3.36. The molecule has 0 fully saturated rings. The van der Waals surface area contributed by atoms with Crippen LogP contribution in [-0.4, -0.2) is 33.9 Å². The second-order valence-electron chi connectivity index (χ2n) is 6.52. The SMILES string of the molecule is CCN1CCc2nc(NC(=O)c3cnc4ccccc4c3C(F)(F)F)sc2C1. The molecule has 1 N–H and O–H groups in total. The number of amides is 1. The highest BCUT2D eigenvalue weighted by Gasteiger charge is 2.38. The van der Waals surface area contributed by atoms with E-state index in [4.69, 9.17) is 0 Å². The molecular formula is C19H17F3N4OS.